The van der Waals surface area contributed by atoms with Crippen molar-refractivity contribution in [3.05, 3.63) is 34.9 Å². The lowest BCUT2D eigenvalue weighted by Gasteiger charge is -2.12. The van der Waals surface area contributed by atoms with E-state index < -0.39 is 0 Å². The van der Waals surface area contributed by atoms with Crippen molar-refractivity contribution in [2.75, 3.05) is 33.9 Å². The summed E-state index contributed by atoms with van der Waals surface area (Å²) < 4.78 is 4.85. The van der Waals surface area contributed by atoms with E-state index in [4.69, 9.17) is 16.3 Å². The van der Waals surface area contributed by atoms with Crippen LogP contribution in [0.5, 0.6) is 0 Å². The Morgan fingerprint density at radius 2 is 1.95 bits per heavy atom. The first-order valence-electron chi connectivity index (χ1n) is 6.60. The van der Waals surface area contributed by atoms with Crippen LogP contribution in [0.1, 0.15) is 5.56 Å². The Morgan fingerprint density at radius 1 is 1.24 bits per heavy atom. The zero-order chi connectivity index (χ0) is 15.5. The Morgan fingerprint density at radius 3 is 2.57 bits per heavy atom. The maximum Gasteiger partial charge on any atom is 0.239 e. The summed E-state index contributed by atoms with van der Waals surface area (Å²) in [5.74, 6) is 0.452. The van der Waals surface area contributed by atoms with E-state index in [1.54, 1.807) is 14.2 Å². The van der Waals surface area contributed by atoms with E-state index >= 15 is 0 Å². The van der Waals surface area contributed by atoms with Gasteiger partial charge in [0.15, 0.2) is 5.96 Å². The number of methoxy groups -OCH3 is 1. The van der Waals surface area contributed by atoms with Crippen LogP contribution in [0.2, 0.25) is 5.02 Å². The van der Waals surface area contributed by atoms with Crippen molar-refractivity contribution in [1.29, 1.82) is 0 Å². The lowest BCUT2D eigenvalue weighted by Crippen LogP contribution is -2.43. The molecule has 1 amide bonds. The SMILES string of the molecule is CN=C(NCC(=O)NCCOC)NCc1ccc(Cl)cc1. The van der Waals surface area contributed by atoms with E-state index in [2.05, 4.69) is 20.9 Å². The molecule has 0 aliphatic heterocycles. The summed E-state index contributed by atoms with van der Waals surface area (Å²) >= 11 is 5.83. The van der Waals surface area contributed by atoms with E-state index in [1.165, 1.54) is 0 Å². The molecule has 0 radical (unpaired) electrons. The van der Waals surface area contributed by atoms with Crippen LogP contribution < -0.4 is 16.0 Å². The van der Waals surface area contributed by atoms with Gasteiger partial charge in [-0.3, -0.25) is 9.79 Å². The number of benzene rings is 1. The van der Waals surface area contributed by atoms with E-state index in [-0.39, 0.29) is 12.5 Å². The van der Waals surface area contributed by atoms with Crippen LogP contribution >= 0.6 is 11.6 Å². The molecule has 1 rings (SSSR count). The molecule has 0 saturated carbocycles. The van der Waals surface area contributed by atoms with Crippen molar-refractivity contribution in [2.45, 2.75) is 6.54 Å². The van der Waals surface area contributed by atoms with Gasteiger partial charge >= 0.3 is 0 Å². The number of nitrogens with zero attached hydrogens (tertiary/aromatic N) is 1. The first-order chi connectivity index (χ1) is 10.2. The Kier molecular flexibility index (Phi) is 8.23. The molecule has 0 unspecified atom stereocenters. The number of nitrogens with one attached hydrogen (secondary N) is 3. The molecule has 0 bridgehead atoms. The summed E-state index contributed by atoms with van der Waals surface area (Å²) in [5.41, 5.74) is 1.08. The smallest absolute Gasteiger partial charge is 0.239 e. The van der Waals surface area contributed by atoms with Crippen LogP contribution in [-0.2, 0) is 16.1 Å². The van der Waals surface area contributed by atoms with Gasteiger partial charge in [0, 0.05) is 32.3 Å². The molecule has 7 heteroatoms. The highest BCUT2D eigenvalue weighted by Crippen LogP contribution is 2.08. The van der Waals surface area contributed by atoms with Crippen LogP contribution in [0.4, 0.5) is 0 Å². The van der Waals surface area contributed by atoms with E-state index in [0.717, 1.165) is 5.56 Å². The molecule has 0 fully saturated rings. The van der Waals surface area contributed by atoms with Crippen molar-refractivity contribution in [3.8, 4) is 0 Å². The fourth-order valence-electron chi connectivity index (χ4n) is 1.53. The fourth-order valence-corrected chi connectivity index (χ4v) is 1.65. The van der Waals surface area contributed by atoms with E-state index in [1.807, 2.05) is 24.3 Å². The second-order valence-electron chi connectivity index (χ2n) is 4.25. The van der Waals surface area contributed by atoms with Gasteiger partial charge in [-0.1, -0.05) is 23.7 Å². The van der Waals surface area contributed by atoms with Gasteiger partial charge in [0.2, 0.25) is 5.91 Å². The van der Waals surface area contributed by atoms with Gasteiger partial charge in [-0.2, -0.15) is 0 Å². The monoisotopic (exact) mass is 312 g/mol. The normalized spacial score (nSPS) is 11.1. The van der Waals surface area contributed by atoms with Gasteiger partial charge in [0.1, 0.15) is 0 Å². The van der Waals surface area contributed by atoms with Gasteiger partial charge in [0.05, 0.1) is 13.2 Å². The maximum absolute atomic E-state index is 11.5. The minimum absolute atomic E-state index is 0.110. The average molecular weight is 313 g/mol. The van der Waals surface area contributed by atoms with E-state index in [0.29, 0.717) is 30.7 Å². The number of hydrogen-bond acceptors (Lipinski definition) is 3. The number of halogens is 1. The lowest BCUT2D eigenvalue weighted by molar-refractivity contribution is -0.120. The summed E-state index contributed by atoms with van der Waals surface area (Å²) in [7, 11) is 3.24. The largest absolute Gasteiger partial charge is 0.383 e. The molecular formula is C14H21ClN4O2. The molecule has 3 N–H and O–H groups in total. The van der Waals surface area contributed by atoms with Crippen LogP contribution in [0.25, 0.3) is 0 Å². The highest BCUT2D eigenvalue weighted by molar-refractivity contribution is 6.30. The number of carbonyl (C=O) groups excluding carboxylic acids is 1. The minimum atomic E-state index is -0.110. The molecule has 6 nitrogen and oxygen atoms in total. The summed E-state index contributed by atoms with van der Waals surface area (Å²) in [6, 6.07) is 7.52. The number of amides is 1. The zero-order valence-corrected chi connectivity index (χ0v) is 13.0. The lowest BCUT2D eigenvalue weighted by atomic mass is 10.2. The van der Waals surface area contributed by atoms with Gasteiger partial charge in [-0.05, 0) is 17.7 Å². The Bertz CT molecular complexity index is 463. The molecule has 116 valence electrons. The second kappa shape index (κ2) is 10.0. The van der Waals surface area contributed by atoms with Gasteiger partial charge in [-0.25, -0.2) is 0 Å². The van der Waals surface area contributed by atoms with Gasteiger partial charge in [0.25, 0.3) is 0 Å². The van der Waals surface area contributed by atoms with Crippen molar-refractivity contribution < 1.29 is 9.53 Å². The summed E-state index contributed by atoms with van der Waals surface area (Å²) in [4.78, 5) is 15.6. The van der Waals surface area contributed by atoms with Crippen LogP contribution in [0.3, 0.4) is 0 Å². The molecule has 0 saturated heterocycles. The number of guanidine groups is 1. The summed E-state index contributed by atoms with van der Waals surface area (Å²) in [5, 5.41) is 9.48. The standard InChI is InChI=1S/C14H21ClN4O2/c1-16-14(19-10-13(20)17-7-8-21-2)18-9-11-3-5-12(15)6-4-11/h3-6H,7-10H2,1-2H3,(H,17,20)(H2,16,18,19). The molecule has 21 heavy (non-hydrogen) atoms. The number of hydrogen-bond donors (Lipinski definition) is 3. The topological polar surface area (TPSA) is 74.8 Å². The molecule has 1 aromatic carbocycles. The molecule has 0 atom stereocenters. The second-order valence-corrected chi connectivity index (χ2v) is 4.68. The molecule has 1 aromatic rings. The third-order valence-electron chi connectivity index (χ3n) is 2.64. The van der Waals surface area contributed by atoms with Crippen molar-refractivity contribution >= 4 is 23.5 Å². The predicted molar refractivity (Wildman–Crippen MR) is 84.5 cm³/mol. The molecule has 0 aromatic heterocycles. The van der Waals surface area contributed by atoms with Crippen LogP contribution in [-0.4, -0.2) is 45.7 Å². The van der Waals surface area contributed by atoms with Crippen molar-refractivity contribution in [1.82, 2.24) is 16.0 Å². The highest BCUT2D eigenvalue weighted by atomic mass is 35.5. The molecule has 0 aliphatic rings. The molecular weight excluding hydrogens is 292 g/mol. The van der Waals surface area contributed by atoms with Crippen LogP contribution in [0, 0.1) is 0 Å². The quantitative estimate of drug-likeness (QED) is 0.395. The Labute approximate surface area is 129 Å². The first-order valence-corrected chi connectivity index (χ1v) is 6.98. The Hall–Kier alpha value is -1.79. The van der Waals surface area contributed by atoms with Crippen molar-refractivity contribution in [3.63, 3.8) is 0 Å². The first kappa shape index (κ1) is 17.3. The third kappa shape index (κ3) is 7.53. The van der Waals surface area contributed by atoms with Gasteiger partial charge < -0.3 is 20.7 Å². The number of ether oxygens (including phenoxy) is 1. The minimum Gasteiger partial charge on any atom is -0.383 e. The number of carbonyl (C=O) groups is 1. The molecule has 0 aliphatic carbocycles. The predicted octanol–water partition coefficient (Wildman–Crippen LogP) is 0.768. The summed E-state index contributed by atoms with van der Waals surface area (Å²) in [6.45, 7) is 1.75. The van der Waals surface area contributed by atoms with Crippen LogP contribution in [0.15, 0.2) is 29.3 Å². The zero-order valence-electron chi connectivity index (χ0n) is 12.3. The highest BCUT2D eigenvalue weighted by Gasteiger charge is 2.03. The maximum atomic E-state index is 11.5. The molecule has 0 heterocycles. The Balaban J connectivity index is 2.29. The van der Waals surface area contributed by atoms with Crippen molar-refractivity contribution in [2.24, 2.45) is 4.99 Å². The third-order valence-corrected chi connectivity index (χ3v) is 2.89. The van der Waals surface area contributed by atoms with E-state index in [9.17, 15) is 4.79 Å². The fraction of sp³-hybridized carbons (Fsp3) is 0.429. The summed E-state index contributed by atoms with van der Waals surface area (Å²) in [6.07, 6.45) is 0. The number of aliphatic imine (C=N–C) groups is 1. The average Bonchev–Trinajstić information content (AvgIpc) is 2.49. The number of rotatable bonds is 7. The van der Waals surface area contributed by atoms with Gasteiger partial charge in [-0.15, -0.1) is 0 Å². The molecule has 0 spiro atoms.